The van der Waals surface area contributed by atoms with Gasteiger partial charge in [0.1, 0.15) is 25.9 Å². The van der Waals surface area contributed by atoms with Crippen molar-refractivity contribution in [3.8, 4) is 0 Å². The molecule has 0 aromatic rings. The van der Waals surface area contributed by atoms with Crippen molar-refractivity contribution < 1.29 is 28.5 Å². The number of hydrogen-bond acceptors (Lipinski definition) is 6. The predicted molar refractivity (Wildman–Crippen MR) is 50.5 cm³/mol. The van der Waals surface area contributed by atoms with Gasteiger partial charge in [0.25, 0.3) is 0 Å². The summed E-state index contributed by atoms with van der Waals surface area (Å²) < 4.78 is 19.4. The van der Waals surface area contributed by atoms with E-state index in [1.54, 1.807) is 0 Å². The number of ether oxygens (including phenoxy) is 4. The van der Waals surface area contributed by atoms with Gasteiger partial charge in [-0.3, -0.25) is 4.79 Å². The number of epoxide rings is 2. The van der Waals surface area contributed by atoms with E-state index in [4.69, 9.17) is 18.9 Å². The van der Waals surface area contributed by atoms with E-state index in [-0.39, 0.29) is 31.4 Å². The molecule has 6 nitrogen and oxygen atoms in total. The van der Waals surface area contributed by atoms with Crippen molar-refractivity contribution in [1.82, 2.24) is 0 Å². The molecule has 88 valence electrons. The van der Waals surface area contributed by atoms with Crippen LogP contribution in [0.3, 0.4) is 0 Å². The van der Waals surface area contributed by atoms with Crippen LogP contribution < -0.4 is 0 Å². The molecular weight excluding hydrogens is 216 g/mol. The minimum Gasteiger partial charge on any atom is -0.460 e. The number of carbonyl (C=O) groups excluding carboxylic acids is 2. The van der Waals surface area contributed by atoms with Crippen LogP contribution in [0.5, 0.6) is 0 Å². The van der Waals surface area contributed by atoms with Gasteiger partial charge in [0.15, 0.2) is 12.1 Å². The normalized spacial score (nSPS) is 26.8. The lowest BCUT2D eigenvalue weighted by molar-refractivity contribution is -0.138. The summed E-state index contributed by atoms with van der Waals surface area (Å²) in [4.78, 5) is 22.2. The maximum absolute atomic E-state index is 11.1. The third-order valence-corrected chi connectivity index (χ3v) is 1.93. The molecule has 0 radical (unpaired) electrons. The summed E-state index contributed by atoms with van der Waals surface area (Å²) in [5, 5.41) is 0. The lowest BCUT2D eigenvalue weighted by Gasteiger charge is -1.97. The molecule has 0 amide bonds. The average Bonchev–Trinajstić information content (AvgIpc) is 3.15. The molecule has 2 saturated heterocycles. The average molecular weight is 228 g/mol. The third kappa shape index (κ3) is 4.52. The SMILES string of the molecule is O=C(C=CC(=O)OCC1CO1)COC1CO1. The highest BCUT2D eigenvalue weighted by Crippen LogP contribution is 2.10. The fraction of sp³-hybridized carbons (Fsp3) is 0.600. The largest absolute Gasteiger partial charge is 0.460 e. The van der Waals surface area contributed by atoms with Gasteiger partial charge in [0, 0.05) is 6.08 Å². The first kappa shape index (κ1) is 11.3. The summed E-state index contributed by atoms with van der Waals surface area (Å²) >= 11 is 0. The van der Waals surface area contributed by atoms with Gasteiger partial charge in [-0.15, -0.1) is 0 Å². The first-order valence-electron chi connectivity index (χ1n) is 4.96. The second-order valence-electron chi connectivity index (χ2n) is 3.46. The maximum atomic E-state index is 11.1. The Bertz CT molecular complexity index is 272. The summed E-state index contributed by atoms with van der Waals surface area (Å²) in [6.07, 6.45) is 2.00. The van der Waals surface area contributed by atoms with Gasteiger partial charge in [-0.2, -0.15) is 0 Å². The van der Waals surface area contributed by atoms with Gasteiger partial charge in [-0.1, -0.05) is 0 Å². The minimum atomic E-state index is -0.550. The molecule has 0 aromatic carbocycles. The highest BCUT2D eigenvalue weighted by Gasteiger charge is 2.24. The van der Waals surface area contributed by atoms with Gasteiger partial charge in [0.2, 0.25) is 0 Å². The molecule has 2 fully saturated rings. The van der Waals surface area contributed by atoms with Crippen LogP contribution >= 0.6 is 0 Å². The quantitative estimate of drug-likeness (QED) is 0.330. The Hall–Kier alpha value is -1.24. The summed E-state index contributed by atoms with van der Waals surface area (Å²) in [6, 6.07) is 0. The summed E-state index contributed by atoms with van der Waals surface area (Å²) in [6.45, 7) is 1.32. The molecule has 6 heteroatoms. The molecule has 0 bridgehead atoms. The molecule has 16 heavy (non-hydrogen) atoms. The zero-order valence-electron chi connectivity index (χ0n) is 8.59. The van der Waals surface area contributed by atoms with Crippen molar-refractivity contribution in [2.75, 3.05) is 26.4 Å². The monoisotopic (exact) mass is 228 g/mol. The number of rotatable bonds is 7. The lowest BCUT2D eigenvalue weighted by atomic mass is 10.3. The molecule has 0 aromatic heterocycles. The minimum absolute atomic E-state index is 0.0309. The van der Waals surface area contributed by atoms with E-state index in [0.717, 1.165) is 12.2 Å². The first-order chi connectivity index (χ1) is 7.74. The number of esters is 1. The first-order valence-corrected chi connectivity index (χ1v) is 4.96. The zero-order chi connectivity index (χ0) is 11.4. The molecule has 0 saturated carbocycles. The van der Waals surface area contributed by atoms with Crippen molar-refractivity contribution in [2.24, 2.45) is 0 Å². The Balaban J connectivity index is 1.57. The van der Waals surface area contributed by atoms with E-state index >= 15 is 0 Å². The molecule has 2 aliphatic rings. The van der Waals surface area contributed by atoms with Crippen molar-refractivity contribution in [1.29, 1.82) is 0 Å². The van der Waals surface area contributed by atoms with Crippen molar-refractivity contribution in [3.05, 3.63) is 12.2 Å². The van der Waals surface area contributed by atoms with Crippen molar-refractivity contribution in [3.63, 3.8) is 0 Å². The highest BCUT2D eigenvalue weighted by atomic mass is 16.8. The molecule has 2 heterocycles. The molecule has 0 aliphatic carbocycles. The molecule has 2 atom stereocenters. The summed E-state index contributed by atoms with van der Waals surface area (Å²) in [7, 11) is 0. The van der Waals surface area contributed by atoms with E-state index in [9.17, 15) is 9.59 Å². The Morgan fingerprint density at radius 1 is 1.25 bits per heavy atom. The van der Waals surface area contributed by atoms with Crippen molar-refractivity contribution >= 4 is 11.8 Å². The smallest absolute Gasteiger partial charge is 0.330 e. The number of hydrogen-bond donors (Lipinski definition) is 0. The fourth-order valence-electron chi connectivity index (χ4n) is 0.907. The summed E-state index contributed by atoms with van der Waals surface area (Å²) in [5.41, 5.74) is 0. The third-order valence-electron chi connectivity index (χ3n) is 1.93. The van der Waals surface area contributed by atoms with Gasteiger partial charge < -0.3 is 18.9 Å². The van der Waals surface area contributed by atoms with Crippen LogP contribution in [0.15, 0.2) is 12.2 Å². The van der Waals surface area contributed by atoms with Gasteiger partial charge >= 0.3 is 5.97 Å². The van der Waals surface area contributed by atoms with E-state index in [1.165, 1.54) is 0 Å². The molecule has 2 aliphatic heterocycles. The molecular formula is C10H12O6. The van der Waals surface area contributed by atoms with E-state index < -0.39 is 5.97 Å². The number of carbonyl (C=O) groups is 2. The van der Waals surface area contributed by atoms with Crippen LogP contribution in [-0.2, 0) is 28.5 Å². The van der Waals surface area contributed by atoms with Crippen LogP contribution in [0.2, 0.25) is 0 Å². The van der Waals surface area contributed by atoms with Gasteiger partial charge in [-0.05, 0) is 6.08 Å². The van der Waals surface area contributed by atoms with E-state index in [2.05, 4.69) is 0 Å². The van der Waals surface area contributed by atoms with Crippen LogP contribution in [0.25, 0.3) is 0 Å². The van der Waals surface area contributed by atoms with E-state index in [1.807, 2.05) is 0 Å². The second-order valence-corrected chi connectivity index (χ2v) is 3.46. The Morgan fingerprint density at radius 3 is 2.62 bits per heavy atom. The van der Waals surface area contributed by atoms with Crippen molar-refractivity contribution in [2.45, 2.75) is 12.4 Å². The van der Waals surface area contributed by atoms with E-state index in [0.29, 0.717) is 13.2 Å². The predicted octanol–water partition coefficient (Wildman–Crippen LogP) is -0.573. The van der Waals surface area contributed by atoms with Crippen LogP contribution in [0.4, 0.5) is 0 Å². The molecule has 2 rings (SSSR count). The second kappa shape index (κ2) is 5.20. The lowest BCUT2D eigenvalue weighted by Crippen LogP contribution is -2.10. The molecule has 2 unspecified atom stereocenters. The molecule has 0 N–H and O–H groups in total. The standard InChI is InChI=1S/C10H12O6/c11-7(3-15-10-6-16-10)1-2-9(12)14-5-8-4-13-8/h1-2,8,10H,3-6H2. The highest BCUT2D eigenvalue weighted by molar-refractivity contribution is 5.96. The van der Waals surface area contributed by atoms with Gasteiger partial charge in [-0.25, -0.2) is 4.79 Å². The van der Waals surface area contributed by atoms with Crippen LogP contribution in [-0.4, -0.2) is 50.6 Å². The van der Waals surface area contributed by atoms with Gasteiger partial charge in [0.05, 0.1) is 6.61 Å². The fourth-order valence-corrected chi connectivity index (χ4v) is 0.907. The summed E-state index contributed by atoms with van der Waals surface area (Å²) in [5.74, 6) is -0.846. The Labute approximate surface area is 92.1 Å². The zero-order valence-corrected chi connectivity index (χ0v) is 8.59. The van der Waals surface area contributed by atoms with Crippen LogP contribution in [0.1, 0.15) is 0 Å². The number of ketones is 1. The topological polar surface area (TPSA) is 77.7 Å². The van der Waals surface area contributed by atoms with Crippen LogP contribution in [0, 0.1) is 0 Å². The maximum Gasteiger partial charge on any atom is 0.330 e. The Morgan fingerprint density at radius 2 is 2.00 bits per heavy atom. The Kier molecular flexibility index (Phi) is 3.66. The molecule has 0 spiro atoms.